The Bertz CT molecular complexity index is 1240. The molecule has 1 fully saturated rings. The number of hydrogen-bond acceptors (Lipinski definition) is 5. The molecule has 170 valence electrons. The molecule has 2 N–H and O–H groups in total. The lowest BCUT2D eigenvalue weighted by atomic mass is 9.92. The molecule has 3 heterocycles. The number of pyridine rings is 1. The van der Waals surface area contributed by atoms with E-state index in [1.54, 1.807) is 12.5 Å². The SMILES string of the molecule is Cl.Cl.N#Cc1cc(-c2cc(CN[C@H]3CCCN[C@H]3c3ccccc3)c3occc3c2)ccn1. The Labute approximate surface area is 206 Å². The van der Waals surface area contributed by atoms with Crippen molar-refractivity contribution in [3.8, 4) is 17.2 Å². The number of furan rings is 1. The van der Waals surface area contributed by atoms with E-state index in [0.29, 0.717) is 24.3 Å². The molecule has 33 heavy (non-hydrogen) atoms. The van der Waals surface area contributed by atoms with Gasteiger partial charge in [0.1, 0.15) is 17.3 Å². The Balaban J connectivity index is 0.00000153. The van der Waals surface area contributed by atoms with Crippen LogP contribution in [0.15, 0.2) is 77.5 Å². The maximum atomic E-state index is 9.21. The Hall–Kier alpha value is -2.88. The predicted molar refractivity (Wildman–Crippen MR) is 136 cm³/mol. The number of fused-ring (bicyclic) bond motifs is 1. The number of rotatable bonds is 5. The van der Waals surface area contributed by atoms with Crippen LogP contribution < -0.4 is 10.6 Å². The average Bonchev–Trinajstić information content (AvgIpc) is 3.32. The van der Waals surface area contributed by atoms with E-state index in [0.717, 1.165) is 47.0 Å². The van der Waals surface area contributed by atoms with E-state index in [1.807, 2.05) is 18.2 Å². The lowest BCUT2D eigenvalue weighted by Gasteiger charge is -2.34. The molecule has 7 heteroatoms. The van der Waals surface area contributed by atoms with E-state index < -0.39 is 0 Å². The van der Waals surface area contributed by atoms with Gasteiger partial charge in [0.05, 0.1) is 6.26 Å². The molecule has 0 saturated carbocycles. The molecule has 0 unspecified atom stereocenters. The number of hydrogen-bond donors (Lipinski definition) is 2. The fraction of sp³-hybridized carbons (Fsp3) is 0.231. The van der Waals surface area contributed by atoms with Gasteiger partial charge in [-0.2, -0.15) is 5.26 Å². The zero-order chi connectivity index (χ0) is 21.0. The van der Waals surface area contributed by atoms with Crippen LogP contribution in [0.3, 0.4) is 0 Å². The molecule has 0 amide bonds. The van der Waals surface area contributed by atoms with Gasteiger partial charge in [-0.15, -0.1) is 24.8 Å². The minimum Gasteiger partial charge on any atom is -0.464 e. The predicted octanol–water partition coefficient (Wildman–Crippen LogP) is 5.79. The largest absolute Gasteiger partial charge is 0.464 e. The summed E-state index contributed by atoms with van der Waals surface area (Å²) >= 11 is 0. The third-order valence-electron chi connectivity index (χ3n) is 6.01. The fourth-order valence-electron chi connectivity index (χ4n) is 4.49. The van der Waals surface area contributed by atoms with Crippen LogP contribution >= 0.6 is 24.8 Å². The number of benzene rings is 2. The maximum Gasteiger partial charge on any atom is 0.141 e. The second kappa shape index (κ2) is 11.3. The number of nitriles is 1. The van der Waals surface area contributed by atoms with Crippen molar-refractivity contribution in [1.29, 1.82) is 5.26 Å². The van der Waals surface area contributed by atoms with Crippen molar-refractivity contribution in [2.75, 3.05) is 6.54 Å². The van der Waals surface area contributed by atoms with Gasteiger partial charge in [-0.05, 0) is 66.4 Å². The van der Waals surface area contributed by atoms with E-state index in [4.69, 9.17) is 4.42 Å². The topological polar surface area (TPSA) is 73.9 Å². The van der Waals surface area contributed by atoms with Crippen LogP contribution in [0.1, 0.15) is 35.7 Å². The minimum absolute atomic E-state index is 0. The van der Waals surface area contributed by atoms with E-state index >= 15 is 0 Å². The van der Waals surface area contributed by atoms with Crippen LogP contribution in [0.5, 0.6) is 0 Å². The molecule has 0 spiro atoms. The summed E-state index contributed by atoms with van der Waals surface area (Å²) in [5.74, 6) is 0. The van der Waals surface area contributed by atoms with Gasteiger partial charge in [0.25, 0.3) is 0 Å². The number of piperidine rings is 1. The third-order valence-corrected chi connectivity index (χ3v) is 6.01. The molecule has 2 atom stereocenters. The molecule has 1 aliphatic heterocycles. The lowest BCUT2D eigenvalue weighted by molar-refractivity contribution is 0.304. The van der Waals surface area contributed by atoms with Crippen molar-refractivity contribution in [3.05, 3.63) is 89.9 Å². The molecular weight excluding hydrogens is 455 g/mol. The van der Waals surface area contributed by atoms with Crippen LogP contribution in [0, 0.1) is 11.3 Å². The normalized spacial score (nSPS) is 17.5. The second-order valence-electron chi connectivity index (χ2n) is 7.99. The highest BCUT2D eigenvalue weighted by Gasteiger charge is 2.25. The average molecular weight is 481 g/mol. The van der Waals surface area contributed by atoms with E-state index in [1.165, 1.54) is 5.56 Å². The number of halogens is 2. The van der Waals surface area contributed by atoms with Crippen LogP contribution in [0.4, 0.5) is 0 Å². The monoisotopic (exact) mass is 480 g/mol. The highest BCUT2D eigenvalue weighted by molar-refractivity contribution is 5.86. The van der Waals surface area contributed by atoms with E-state index in [-0.39, 0.29) is 24.8 Å². The van der Waals surface area contributed by atoms with E-state index in [2.05, 4.69) is 64.2 Å². The van der Waals surface area contributed by atoms with Crippen molar-refractivity contribution in [1.82, 2.24) is 15.6 Å². The van der Waals surface area contributed by atoms with Gasteiger partial charge in [0, 0.05) is 35.8 Å². The molecule has 2 aromatic heterocycles. The fourth-order valence-corrected chi connectivity index (χ4v) is 4.49. The summed E-state index contributed by atoms with van der Waals surface area (Å²) in [5, 5.41) is 17.7. The first-order chi connectivity index (χ1) is 15.3. The number of aromatic nitrogens is 1. The highest BCUT2D eigenvalue weighted by Crippen LogP contribution is 2.30. The molecule has 4 aromatic rings. The van der Waals surface area contributed by atoms with Gasteiger partial charge in [-0.3, -0.25) is 0 Å². The summed E-state index contributed by atoms with van der Waals surface area (Å²) in [4.78, 5) is 4.09. The smallest absolute Gasteiger partial charge is 0.141 e. The Morgan fingerprint density at radius 2 is 1.91 bits per heavy atom. The van der Waals surface area contributed by atoms with Gasteiger partial charge < -0.3 is 15.1 Å². The van der Waals surface area contributed by atoms with Crippen molar-refractivity contribution >= 4 is 35.8 Å². The minimum atomic E-state index is 0. The van der Waals surface area contributed by atoms with Crippen LogP contribution in [0.2, 0.25) is 0 Å². The Morgan fingerprint density at radius 3 is 2.73 bits per heavy atom. The standard InChI is InChI=1S/C26H24N4O.2ClH/c27-16-23-15-19(8-11-28-23)21-13-20-9-12-31-26(20)22(14-21)17-30-24-7-4-10-29-25(24)18-5-2-1-3-6-18;;/h1-3,5-6,8-9,11-15,24-25,29-30H,4,7,10,17H2;2*1H/t24-,25-;;/m0../s1. The Kier molecular flexibility index (Phi) is 8.49. The van der Waals surface area contributed by atoms with Gasteiger partial charge >= 0.3 is 0 Å². The molecule has 5 rings (SSSR count). The van der Waals surface area contributed by atoms with Crippen molar-refractivity contribution in [2.45, 2.75) is 31.5 Å². The van der Waals surface area contributed by atoms with Crippen molar-refractivity contribution in [3.63, 3.8) is 0 Å². The summed E-state index contributed by atoms with van der Waals surface area (Å²) in [6, 6.07) is 23.4. The van der Waals surface area contributed by atoms with Crippen LogP contribution in [0.25, 0.3) is 22.1 Å². The van der Waals surface area contributed by atoms with Crippen LogP contribution in [-0.4, -0.2) is 17.6 Å². The van der Waals surface area contributed by atoms with Crippen molar-refractivity contribution < 1.29 is 4.42 Å². The van der Waals surface area contributed by atoms with Gasteiger partial charge in [0.15, 0.2) is 0 Å². The van der Waals surface area contributed by atoms with Gasteiger partial charge in [-0.1, -0.05) is 30.3 Å². The van der Waals surface area contributed by atoms with Crippen LogP contribution in [-0.2, 0) is 6.54 Å². The summed E-state index contributed by atoms with van der Waals surface area (Å²) < 4.78 is 5.82. The lowest BCUT2D eigenvalue weighted by Crippen LogP contribution is -2.45. The maximum absolute atomic E-state index is 9.21. The van der Waals surface area contributed by atoms with Crippen molar-refractivity contribution in [2.24, 2.45) is 0 Å². The molecular formula is C26H26Cl2N4O. The number of nitrogens with zero attached hydrogens (tertiary/aromatic N) is 2. The Morgan fingerprint density at radius 1 is 1.06 bits per heavy atom. The molecule has 0 radical (unpaired) electrons. The number of nitrogens with one attached hydrogen (secondary N) is 2. The van der Waals surface area contributed by atoms with Gasteiger partial charge in [0.2, 0.25) is 0 Å². The summed E-state index contributed by atoms with van der Waals surface area (Å²) in [6.07, 6.45) is 5.71. The first kappa shape index (κ1) is 24.8. The summed E-state index contributed by atoms with van der Waals surface area (Å²) in [6.45, 7) is 1.75. The molecule has 5 nitrogen and oxygen atoms in total. The zero-order valence-corrected chi connectivity index (χ0v) is 19.7. The highest BCUT2D eigenvalue weighted by atomic mass is 35.5. The quantitative estimate of drug-likeness (QED) is 0.377. The third kappa shape index (κ3) is 5.38. The van der Waals surface area contributed by atoms with Gasteiger partial charge in [-0.25, -0.2) is 4.98 Å². The zero-order valence-electron chi connectivity index (χ0n) is 18.0. The second-order valence-corrected chi connectivity index (χ2v) is 7.99. The summed E-state index contributed by atoms with van der Waals surface area (Å²) in [7, 11) is 0. The first-order valence-corrected chi connectivity index (χ1v) is 10.7. The molecule has 2 aromatic carbocycles. The molecule has 0 bridgehead atoms. The molecule has 1 aliphatic rings. The molecule has 1 saturated heterocycles. The first-order valence-electron chi connectivity index (χ1n) is 10.7. The molecule has 0 aliphatic carbocycles. The van der Waals surface area contributed by atoms with E-state index in [9.17, 15) is 5.26 Å². The summed E-state index contributed by atoms with van der Waals surface area (Å²) in [5.41, 5.74) is 5.81.